The van der Waals surface area contributed by atoms with Crippen molar-refractivity contribution in [2.45, 2.75) is 6.54 Å². The Morgan fingerprint density at radius 1 is 1.09 bits per heavy atom. The van der Waals surface area contributed by atoms with Crippen LogP contribution in [0.1, 0.15) is 5.56 Å². The van der Waals surface area contributed by atoms with Gasteiger partial charge >= 0.3 is 0 Å². The van der Waals surface area contributed by atoms with Crippen molar-refractivity contribution in [2.24, 2.45) is 0 Å². The van der Waals surface area contributed by atoms with E-state index in [4.69, 9.17) is 4.74 Å². The molecule has 23 heavy (non-hydrogen) atoms. The Kier molecular flexibility index (Phi) is 3.31. The highest BCUT2D eigenvalue weighted by Crippen LogP contribution is 2.27. The minimum absolute atomic E-state index is 0.665. The smallest absolute Gasteiger partial charge is 0.154 e. The lowest BCUT2D eigenvalue weighted by molar-refractivity contribution is 0.414. The van der Waals surface area contributed by atoms with Gasteiger partial charge in [0.25, 0.3) is 0 Å². The summed E-state index contributed by atoms with van der Waals surface area (Å²) in [6.45, 7) is 0.665. The van der Waals surface area contributed by atoms with Gasteiger partial charge in [0.15, 0.2) is 5.82 Å². The van der Waals surface area contributed by atoms with Crippen LogP contribution in [0.5, 0.6) is 5.75 Å². The van der Waals surface area contributed by atoms with Gasteiger partial charge in [0.2, 0.25) is 0 Å². The lowest BCUT2D eigenvalue weighted by Crippen LogP contribution is -2.02. The Balaban J connectivity index is 1.68. The second kappa shape index (κ2) is 5.61. The molecular weight excluding hydrogens is 288 g/mol. The summed E-state index contributed by atoms with van der Waals surface area (Å²) in [6.07, 6.45) is 1.59. The molecule has 0 bridgehead atoms. The molecule has 5 nitrogen and oxygen atoms in total. The molecule has 0 radical (unpaired) electrons. The Morgan fingerprint density at radius 2 is 2.00 bits per heavy atom. The van der Waals surface area contributed by atoms with Crippen molar-refractivity contribution in [3.05, 3.63) is 60.4 Å². The van der Waals surface area contributed by atoms with Gasteiger partial charge in [-0.1, -0.05) is 30.3 Å². The lowest BCUT2D eigenvalue weighted by atomic mass is 10.2. The first kappa shape index (κ1) is 13.6. The van der Waals surface area contributed by atoms with E-state index in [-0.39, 0.29) is 0 Å². The van der Waals surface area contributed by atoms with E-state index in [1.54, 1.807) is 13.4 Å². The minimum Gasteiger partial charge on any atom is -0.497 e. The normalized spacial score (nSPS) is 11.0. The van der Waals surface area contributed by atoms with Gasteiger partial charge in [0.1, 0.15) is 23.1 Å². The number of aromatic amines is 1. The van der Waals surface area contributed by atoms with Crippen LogP contribution in [-0.2, 0) is 6.54 Å². The first-order chi connectivity index (χ1) is 11.3. The average Bonchev–Trinajstić information content (AvgIpc) is 2.99. The summed E-state index contributed by atoms with van der Waals surface area (Å²) in [6, 6.07) is 16.1. The van der Waals surface area contributed by atoms with Crippen molar-refractivity contribution >= 4 is 27.8 Å². The molecule has 0 amide bonds. The zero-order chi connectivity index (χ0) is 15.6. The fourth-order valence-corrected chi connectivity index (χ4v) is 2.74. The Labute approximate surface area is 133 Å². The van der Waals surface area contributed by atoms with Crippen LogP contribution in [0.2, 0.25) is 0 Å². The summed E-state index contributed by atoms with van der Waals surface area (Å²) in [7, 11) is 1.67. The van der Waals surface area contributed by atoms with Gasteiger partial charge < -0.3 is 15.0 Å². The first-order valence-electron chi connectivity index (χ1n) is 7.43. The third-order valence-electron chi connectivity index (χ3n) is 3.88. The maximum Gasteiger partial charge on any atom is 0.154 e. The summed E-state index contributed by atoms with van der Waals surface area (Å²) < 4.78 is 5.26. The van der Waals surface area contributed by atoms with Crippen molar-refractivity contribution in [3.8, 4) is 5.75 Å². The number of nitrogens with zero attached hydrogens (tertiary/aromatic N) is 2. The molecule has 0 aliphatic heterocycles. The quantitative estimate of drug-likeness (QED) is 0.603. The van der Waals surface area contributed by atoms with E-state index in [0.29, 0.717) is 6.54 Å². The predicted molar refractivity (Wildman–Crippen MR) is 91.7 cm³/mol. The van der Waals surface area contributed by atoms with Crippen molar-refractivity contribution in [3.63, 3.8) is 0 Å². The highest BCUT2D eigenvalue weighted by molar-refractivity contribution is 6.07. The topological polar surface area (TPSA) is 62.8 Å². The van der Waals surface area contributed by atoms with Crippen LogP contribution >= 0.6 is 0 Å². The zero-order valence-electron chi connectivity index (χ0n) is 12.7. The van der Waals surface area contributed by atoms with Crippen LogP contribution in [0, 0.1) is 0 Å². The molecule has 0 aliphatic rings. The molecule has 0 unspecified atom stereocenters. The molecule has 2 aromatic heterocycles. The number of methoxy groups -OCH3 is 1. The van der Waals surface area contributed by atoms with Gasteiger partial charge in [-0.05, 0) is 23.8 Å². The van der Waals surface area contributed by atoms with Crippen LogP contribution in [0.3, 0.4) is 0 Å². The van der Waals surface area contributed by atoms with Crippen molar-refractivity contribution < 1.29 is 4.74 Å². The number of fused-ring (bicyclic) bond motifs is 3. The summed E-state index contributed by atoms with van der Waals surface area (Å²) in [5, 5.41) is 4.48. The highest BCUT2D eigenvalue weighted by Gasteiger charge is 2.09. The molecule has 2 aromatic carbocycles. The predicted octanol–water partition coefficient (Wildman–Crippen LogP) is 3.73. The summed E-state index contributed by atoms with van der Waals surface area (Å²) in [4.78, 5) is 12.2. The maximum atomic E-state index is 5.26. The van der Waals surface area contributed by atoms with E-state index in [9.17, 15) is 0 Å². The van der Waals surface area contributed by atoms with Gasteiger partial charge in [-0.15, -0.1) is 0 Å². The molecule has 0 aliphatic carbocycles. The van der Waals surface area contributed by atoms with Crippen LogP contribution in [0.25, 0.3) is 21.9 Å². The fraction of sp³-hybridized carbons (Fsp3) is 0.111. The number of para-hydroxylation sites is 1. The number of hydrogen-bond acceptors (Lipinski definition) is 4. The van der Waals surface area contributed by atoms with Crippen molar-refractivity contribution in [1.29, 1.82) is 0 Å². The SMILES string of the molecule is COc1cccc(CNc2ncnc3c2[nH]c2ccccc23)c1. The second-order valence-electron chi connectivity index (χ2n) is 5.32. The highest BCUT2D eigenvalue weighted by atomic mass is 16.5. The molecule has 0 saturated carbocycles. The number of anilines is 1. The van der Waals surface area contributed by atoms with E-state index in [0.717, 1.165) is 39.1 Å². The fourth-order valence-electron chi connectivity index (χ4n) is 2.74. The van der Waals surface area contributed by atoms with Gasteiger partial charge in [-0.2, -0.15) is 0 Å². The summed E-state index contributed by atoms with van der Waals surface area (Å²) in [5.74, 6) is 1.65. The molecule has 2 N–H and O–H groups in total. The summed E-state index contributed by atoms with van der Waals surface area (Å²) >= 11 is 0. The van der Waals surface area contributed by atoms with Crippen molar-refractivity contribution in [2.75, 3.05) is 12.4 Å². The first-order valence-corrected chi connectivity index (χ1v) is 7.43. The molecular formula is C18H16N4O. The van der Waals surface area contributed by atoms with E-state index < -0.39 is 0 Å². The number of H-pyrrole nitrogens is 1. The van der Waals surface area contributed by atoms with Crippen LogP contribution in [-0.4, -0.2) is 22.1 Å². The standard InChI is InChI=1S/C18H16N4O/c1-23-13-6-4-5-12(9-13)10-19-18-17-16(20-11-21-18)14-7-2-3-8-15(14)22-17/h2-9,11,22H,10H2,1H3,(H,19,20,21). The van der Waals surface area contributed by atoms with E-state index in [1.807, 2.05) is 36.4 Å². The number of nitrogens with one attached hydrogen (secondary N) is 2. The van der Waals surface area contributed by atoms with Crippen LogP contribution in [0.4, 0.5) is 5.82 Å². The molecule has 0 saturated heterocycles. The third kappa shape index (κ3) is 2.46. The van der Waals surface area contributed by atoms with Gasteiger partial charge in [-0.25, -0.2) is 9.97 Å². The largest absolute Gasteiger partial charge is 0.497 e. The van der Waals surface area contributed by atoms with Crippen LogP contribution < -0.4 is 10.1 Å². The van der Waals surface area contributed by atoms with Gasteiger partial charge in [0, 0.05) is 17.4 Å². The third-order valence-corrected chi connectivity index (χ3v) is 3.88. The molecule has 114 valence electrons. The molecule has 4 rings (SSSR count). The summed E-state index contributed by atoms with van der Waals surface area (Å²) in [5.41, 5.74) is 4.06. The van der Waals surface area contributed by atoms with E-state index in [1.165, 1.54) is 0 Å². The molecule has 5 heteroatoms. The number of hydrogen-bond donors (Lipinski definition) is 2. The minimum atomic E-state index is 0.665. The van der Waals surface area contributed by atoms with Gasteiger partial charge in [0.05, 0.1) is 7.11 Å². The van der Waals surface area contributed by atoms with Crippen molar-refractivity contribution in [1.82, 2.24) is 15.0 Å². The number of rotatable bonds is 4. The molecule has 4 aromatic rings. The number of aromatic nitrogens is 3. The number of benzene rings is 2. The monoisotopic (exact) mass is 304 g/mol. The molecule has 0 atom stereocenters. The lowest BCUT2D eigenvalue weighted by Gasteiger charge is -2.07. The van der Waals surface area contributed by atoms with Gasteiger partial charge in [-0.3, -0.25) is 0 Å². The average molecular weight is 304 g/mol. The Morgan fingerprint density at radius 3 is 2.91 bits per heavy atom. The Bertz CT molecular complexity index is 977. The molecule has 0 fully saturated rings. The Hall–Kier alpha value is -3.08. The molecule has 2 heterocycles. The van der Waals surface area contributed by atoms with Crippen LogP contribution in [0.15, 0.2) is 54.9 Å². The maximum absolute atomic E-state index is 5.26. The zero-order valence-corrected chi connectivity index (χ0v) is 12.7. The van der Waals surface area contributed by atoms with E-state index >= 15 is 0 Å². The van der Waals surface area contributed by atoms with E-state index in [2.05, 4.69) is 32.4 Å². The second-order valence-corrected chi connectivity index (χ2v) is 5.32. The number of ether oxygens (including phenoxy) is 1. The molecule has 0 spiro atoms.